The molecule has 6 heteroatoms. The molecule has 0 aromatic rings. The lowest BCUT2D eigenvalue weighted by Gasteiger charge is -2.04. The van der Waals surface area contributed by atoms with Crippen LogP contribution in [0.15, 0.2) is 11.1 Å². The van der Waals surface area contributed by atoms with Gasteiger partial charge in [0.15, 0.2) is 5.31 Å². The van der Waals surface area contributed by atoms with Crippen molar-refractivity contribution >= 4 is 14.4 Å². The van der Waals surface area contributed by atoms with Crippen LogP contribution in [0.1, 0.15) is 13.3 Å². The summed E-state index contributed by atoms with van der Waals surface area (Å²) >= 11 is 0. The van der Waals surface area contributed by atoms with E-state index < -0.39 is 14.4 Å². The van der Waals surface area contributed by atoms with E-state index in [0.29, 0.717) is 12.2 Å². The summed E-state index contributed by atoms with van der Waals surface area (Å²) in [6, 6.07) is 0. The minimum absolute atomic E-state index is 0.0631. The Bertz CT molecular complexity index is 217. The van der Waals surface area contributed by atoms with Gasteiger partial charge >= 0.3 is 5.97 Å². The van der Waals surface area contributed by atoms with Gasteiger partial charge in [-0.2, -0.15) is 4.89 Å². The van der Waals surface area contributed by atoms with E-state index in [0.717, 1.165) is 0 Å². The van der Waals surface area contributed by atoms with E-state index in [4.69, 9.17) is 4.74 Å². The summed E-state index contributed by atoms with van der Waals surface area (Å²) in [4.78, 5) is 19.4. The summed E-state index contributed by atoms with van der Waals surface area (Å²) in [5.74, 6) is -0.489. The van der Waals surface area contributed by atoms with Crippen LogP contribution in [-0.2, 0) is 23.9 Å². The number of allylic oxidation sites excluding steroid dienone is 1. The van der Waals surface area contributed by atoms with E-state index in [2.05, 4.69) is 9.78 Å². The molecule has 0 aliphatic carbocycles. The summed E-state index contributed by atoms with van der Waals surface area (Å²) in [6.45, 7) is 1.77. The Hall–Kier alpha value is -0.930. The number of ether oxygens (including phenoxy) is 1. The third-order valence-electron chi connectivity index (χ3n) is 1.28. The van der Waals surface area contributed by atoms with Gasteiger partial charge in [-0.3, -0.25) is 9.45 Å². The van der Waals surface area contributed by atoms with E-state index in [1.165, 1.54) is 14.2 Å². The first-order valence-electron chi connectivity index (χ1n) is 3.56. The van der Waals surface area contributed by atoms with Gasteiger partial charge < -0.3 is 4.74 Å². The highest BCUT2D eigenvalue weighted by molar-refractivity contribution is 7.31. The second kappa shape index (κ2) is 6.57. The average molecular weight is 206 g/mol. The maximum absolute atomic E-state index is 11.0. The fourth-order valence-corrected chi connectivity index (χ4v) is 1.19. The maximum atomic E-state index is 11.0. The minimum atomic E-state index is -0.808. The Balaban J connectivity index is 4.73. The highest BCUT2D eigenvalue weighted by atomic mass is 31.1. The first-order chi connectivity index (χ1) is 6.21. The summed E-state index contributed by atoms with van der Waals surface area (Å²) in [5.41, 5.74) is 0. The van der Waals surface area contributed by atoms with Crippen molar-refractivity contribution in [3.05, 3.63) is 11.1 Å². The fraction of sp³-hybridized carbons (Fsp3) is 0.571. The lowest BCUT2D eigenvalue weighted by Crippen LogP contribution is -2.06. The van der Waals surface area contributed by atoms with Crippen molar-refractivity contribution in [2.24, 2.45) is 0 Å². The summed E-state index contributed by atoms with van der Waals surface area (Å²) in [6.07, 6.45) is 0.458. The molecule has 0 aliphatic heterocycles. The highest BCUT2D eigenvalue weighted by Gasteiger charge is 2.18. The summed E-state index contributed by atoms with van der Waals surface area (Å²) in [7, 11) is 2.14. The molecule has 13 heavy (non-hydrogen) atoms. The topological polar surface area (TPSA) is 61.8 Å². The third-order valence-corrected chi connectivity index (χ3v) is 1.89. The van der Waals surface area contributed by atoms with Crippen molar-refractivity contribution in [1.29, 1.82) is 0 Å². The second-order valence-electron chi connectivity index (χ2n) is 1.96. The molecule has 0 aromatic carbocycles. The van der Waals surface area contributed by atoms with Crippen molar-refractivity contribution in [2.75, 3.05) is 14.2 Å². The van der Waals surface area contributed by atoms with Crippen molar-refractivity contribution < 1.29 is 23.9 Å². The minimum Gasteiger partial charge on any atom is -0.500 e. The molecule has 0 fully saturated rings. The summed E-state index contributed by atoms with van der Waals surface area (Å²) < 4.78 is 15.4. The molecule has 74 valence electrons. The number of carbonyl (C=O) groups excluding carboxylic acids is 1. The second-order valence-corrected chi connectivity index (χ2v) is 2.59. The molecule has 5 nitrogen and oxygen atoms in total. The zero-order chi connectivity index (χ0) is 10.3. The van der Waals surface area contributed by atoms with E-state index in [1.54, 1.807) is 6.92 Å². The standard InChI is InChI=1S/C7H11O5P/c1-4-5(10-2)6(13-9)7(8)12-11-3/h4H2,1-3H3. The molecule has 0 bridgehead atoms. The van der Waals surface area contributed by atoms with Gasteiger partial charge in [-0.25, -0.2) is 4.79 Å². The number of rotatable bonds is 5. The largest absolute Gasteiger partial charge is 0.500 e. The highest BCUT2D eigenvalue weighted by Crippen LogP contribution is 2.21. The first-order valence-corrected chi connectivity index (χ1v) is 4.37. The van der Waals surface area contributed by atoms with Crippen LogP contribution in [0.5, 0.6) is 0 Å². The SMILES string of the molecule is CCC(OC)=C(P=O)C(=O)OOC. The van der Waals surface area contributed by atoms with Crippen LogP contribution >= 0.6 is 8.46 Å². The third kappa shape index (κ3) is 3.53. The first kappa shape index (κ1) is 12.1. The van der Waals surface area contributed by atoms with Crippen LogP contribution in [-0.4, -0.2) is 20.2 Å². The van der Waals surface area contributed by atoms with E-state index in [1.807, 2.05) is 0 Å². The molecule has 0 N–H and O–H groups in total. The summed E-state index contributed by atoms with van der Waals surface area (Å²) in [5, 5.41) is -0.0631. The molecular formula is C7H11O5P. The Morgan fingerprint density at radius 3 is 2.31 bits per heavy atom. The molecule has 0 aliphatic rings. The molecular weight excluding hydrogens is 195 g/mol. The molecule has 0 unspecified atom stereocenters. The molecule has 0 atom stereocenters. The Labute approximate surface area is 77.8 Å². The number of hydrogen-bond donors (Lipinski definition) is 0. The Morgan fingerprint density at radius 2 is 2.00 bits per heavy atom. The number of methoxy groups -OCH3 is 1. The number of carbonyl (C=O) groups is 1. The van der Waals surface area contributed by atoms with Gasteiger partial charge in [0.2, 0.25) is 8.46 Å². The molecule has 0 saturated heterocycles. The van der Waals surface area contributed by atoms with E-state index in [-0.39, 0.29) is 5.31 Å². The van der Waals surface area contributed by atoms with Gasteiger partial charge in [0.1, 0.15) is 5.76 Å². The van der Waals surface area contributed by atoms with Crippen LogP contribution in [0, 0.1) is 0 Å². The molecule has 0 spiro atoms. The lowest BCUT2D eigenvalue weighted by molar-refractivity contribution is -0.250. The van der Waals surface area contributed by atoms with Crippen LogP contribution in [0.3, 0.4) is 0 Å². The van der Waals surface area contributed by atoms with Crippen LogP contribution < -0.4 is 0 Å². The predicted molar refractivity (Wildman–Crippen MR) is 45.0 cm³/mol. The predicted octanol–water partition coefficient (Wildman–Crippen LogP) is 1.65. The van der Waals surface area contributed by atoms with Crippen molar-refractivity contribution in [3.8, 4) is 0 Å². The van der Waals surface area contributed by atoms with Gasteiger partial charge in [0.25, 0.3) is 0 Å². The van der Waals surface area contributed by atoms with Gasteiger partial charge in [-0.1, -0.05) is 6.92 Å². The van der Waals surface area contributed by atoms with Crippen molar-refractivity contribution in [3.63, 3.8) is 0 Å². The molecule has 0 radical (unpaired) electrons. The van der Waals surface area contributed by atoms with Crippen molar-refractivity contribution in [1.82, 2.24) is 0 Å². The van der Waals surface area contributed by atoms with Crippen LogP contribution in [0.2, 0.25) is 0 Å². The molecule has 0 saturated carbocycles. The normalized spacial score (nSPS) is 12.2. The molecule has 0 amide bonds. The van der Waals surface area contributed by atoms with E-state index >= 15 is 0 Å². The Morgan fingerprint density at radius 1 is 1.38 bits per heavy atom. The number of hydrogen-bond acceptors (Lipinski definition) is 5. The average Bonchev–Trinajstić information content (AvgIpc) is 2.14. The monoisotopic (exact) mass is 206 g/mol. The fourth-order valence-electron chi connectivity index (χ4n) is 0.726. The Kier molecular flexibility index (Phi) is 6.10. The van der Waals surface area contributed by atoms with Crippen LogP contribution in [0.4, 0.5) is 0 Å². The smallest absolute Gasteiger partial charge is 0.384 e. The van der Waals surface area contributed by atoms with Gasteiger partial charge in [-0.05, 0) is 0 Å². The van der Waals surface area contributed by atoms with Gasteiger partial charge in [-0.15, -0.1) is 0 Å². The zero-order valence-corrected chi connectivity index (χ0v) is 8.59. The lowest BCUT2D eigenvalue weighted by atomic mass is 10.3. The van der Waals surface area contributed by atoms with Gasteiger partial charge in [0, 0.05) is 6.42 Å². The quantitative estimate of drug-likeness (QED) is 0.225. The molecule has 0 aromatic heterocycles. The zero-order valence-electron chi connectivity index (χ0n) is 7.70. The molecule has 0 heterocycles. The molecule has 0 rings (SSSR count). The van der Waals surface area contributed by atoms with Gasteiger partial charge in [0.05, 0.1) is 14.2 Å². The van der Waals surface area contributed by atoms with Crippen molar-refractivity contribution in [2.45, 2.75) is 13.3 Å². The van der Waals surface area contributed by atoms with Crippen LogP contribution in [0.25, 0.3) is 0 Å². The maximum Gasteiger partial charge on any atom is 0.384 e. The van der Waals surface area contributed by atoms with E-state index in [9.17, 15) is 9.36 Å².